The lowest BCUT2D eigenvalue weighted by Gasteiger charge is -1.93. The van der Waals surface area contributed by atoms with E-state index in [1.165, 1.54) is 16.8 Å². The van der Waals surface area contributed by atoms with E-state index in [1.807, 2.05) is 6.92 Å². The topological polar surface area (TPSA) is 67.5 Å². The molecule has 0 aliphatic heterocycles. The molecule has 0 aliphatic carbocycles. The van der Waals surface area contributed by atoms with E-state index in [4.69, 9.17) is 5.11 Å². The first-order valence-corrected chi connectivity index (χ1v) is 4.29. The average Bonchev–Trinajstić information content (AvgIpc) is 2.58. The van der Waals surface area contributed by atoms with Crippen LogP contribution in [-0.2, 0) is 6.42 Å². The van der Waals surface area contributed by atoms with E-state index < -0.39 is 5.97 Å². The number of rotatable bonds is 2. The number of aromatic carboxylic acids is 1. The summed E-state index contributed by atoms with van der Waals surface area (Å²) >= 11 is 0. The van der Waals surface area contributed by atoms with Gasteiger partial charge in [0.15, 0.2) is 11.5 Å². The van der Waals surface area contributed by atoms with Crippen molar-refractivity contribution < 1.29 is 9.90 Å². The zero-order valence-electron chi connectivity index (χ0n) is 7.64. The Kier molecular flexibility index (Phi) is 1.92. The van der Waals surface area contributed by atoms with Gasteiger partial charge in [-0.15, -0.1) is 0 Å². The molecule has 0 saturated heterocycles. The highest BCUT2D eigenvalue weighted by Gasteiger charge is 2.06. The molecule has 2 rings (SSSR count). The van der Waals surface area contributed by atoms with Crippen LogP contribution in [0.3, 0.4) is 0 Å². The molecule has 72 valence electrons. The van der Waals surface area contributed by atoms with Gasteiger partial charge in [-0.1, -0.05) is 6.92 Å². The SMILES string of the molecule is CCc1nc2ccc(C(=O)O)cn2n1. The van der Waals surface area contributed by atoms with E-state index in [0.29, 0.717) is 11.5 Å². The second kappa shape index (κ2) is 3.10. The van der Waals surface area contributed by atoms with Crippen LogP contribution in [0.25, 0.3) is 5.65 Å². The molecule has 5 heteroatoms. The molecular formula is C9H9N3O2. The average molecular weight is 191 g/mol. The second-order valence-corrected chi connectivity index (χ2v) is 2.91. The molecule has 0 radical (unpaired) electrons. The Morgan fingerprint density at radius 1 is 1.57 bits per heavy atom. The minimum atomic E-state index is -0.958. The van der Waals surface area contributed by atoms with E-state index in [0.717, 1.165) is 6.42 Å². The molecule has 0 atom stereocenters. The summed E-state index contributed by atoms with van der Waals surface area (Å²) in [4.78, 5) is 14.9. The van der Waals surface area contributed by atoms with Crippen LogP contribution in [0.2, 0.25) is 0 Å². The van der Waals surface area contributed by atoms with Crippen molar-refractivity contribution in [2.24, 2.45) is 0 Å². The van der Waals surface area contributed by atoms with Crippen LogP contribution >= 0.6 is 0 Å². The minimum Gasteiger partial charge on any atom is -0.478 e. The lowest BCUT2D eigenvalue weighted by molar-refractivity contribution is 0.0696. The quantitative estimate of drug-likeness (QED) is 0.768. The summed E-state index contributed by atoms with van der Waals surface area (Å²) in [6.45, 7) is 1.95. The summed E-state index contributed by atoms with van der Waals surface area (Å²) in [7, 11) is 0. The number of aryl methyl sites for hydroxylation is 1. The monoisotopic (exact) mass is 191 g/mol. The maximum atomic E-state index is 10.7. The summed E-state index contributed by atoms with van der Waals surface area (Å²) in [6, 6.07) is 3.17. The van der Waals surface area contributed by atoms with E-state index in [2.05, 4.69) is 10.1 Å². The number of carboxylic acids is 1. The fourth-order valence-electron chi connectivity index (χ4n) is 1.21. The van der Waals surface area contributed by atoms with Gasteiger partial charge in [0, 0.05) is 12.6 Å². The Labute approximate surface area is 80.0 Å². The van der Waals surface area contributed by atoms with Crippen LogP contribution in [0.5, 0.6) is 0 Å². The number of pyridine rings is 1. The summed E-state index contributed by atoms with van der Waals surface area (Å²) in [5.41, 5.74) is 0.886. The van der Waals surface area contributed by atoms with Crippen molar-refractivity contribution >= 4 is 11.6 Å². The molecule has 0 bridgehead atoms. The molecule has 5 nitrogen and oxygen atoms in total. The van der Waals surface area contributed by atoms with Crippen molar-refractivity contribution in [1.82, 2.24) is 14.6 Å². The first-order chi connectivity index (χ1) is 6.70. The van der Waals surface area contributed by atoms with E-state index in [9.17, 15) is 4.79 Å². The third-order valence-electron chi connectivity index (χ3n) is 1.94. The standard InChI is InChI=1S/C9H9N3O2/c1-2-7-10-8-4-3-6(9(13)14)5-12(8)11-7/h3-5H,2H2,1H3,(H,13,14). The van der Waals surface area contributed by atoms with Crippen LogP contribution in [0, 0.1) is 0 Å². The largest absolute Gasteiger partial charge is 0.478 e. The number of nitrogens with zero attached hydrogens (tertiary/aromatic N) is 3. The van der Waals surface area contributed by atoms with Crippen molar-refractivity contribution in [2.75, 3.05) is 0 Å². The third kappa shape index (κ3) is 1.32. The normalized spacial score (nSPS) is 10.6. The molecule has 0 fully saturated rings. The van der Waals surface area contributed by atoms with Crippen LogP contribution < -0.4 is 0 Å². The predicted octanol–water partition coefficient (Wildman–Crippen LogP) is 0.990. The van der Waals surface area contributed by atoms with Crippen molar-refractivity contribution in [3.8, 4) is 0 Å². The molecule has 0 saturated carbocycles. The Morgan fingerprint density at radius 2 is 2.36 bits per heavy atom. The molecule has 0 aliphatic rings. The van der Waals surface area contributed by atoms with Gasteiger partial charge in [-0.2, -0.15) is 5.10 Å². The smallest absolute Gasteiger partial charge is 0.337 e. The number of carbonyl (C=O) groups is 1. The van der Waals surface area contributed by atoms with Gasteiger partial charge in [0.1, 0.15) is 0 Å². The van der Waals surface area contributed by atoms with Crippen LogP contribution in [0.1, 0.15) is 23.1 Å². The molecule has 14 heavy (non-hydrogen) atoms. The Morgan fingerprint density at radius 3 is 3.00 bits per heavy atom. The number of hydrogen-bond acceptors (Lipinski definition) is 3. The molecule has 2 aromatic heterocycles. The Balaban J connectivity index is 2.59. The number of fused-ring (bicyclic) bond motifs is 1. The van der Waals surface area contributed by atoms with Crippen molar-refractivity contribution in [2.45, 2.75) is 13.3 Å². The van der Waals surface area contributed by atoms with E-state index in [-0.39, 0.29) is 5.56 Å². The molecule has 0 unspecified atom stereocenters. The third-order valence-corrected chi connectivity index (χ3v) is 1.94. The van der Waals surface area contributed by atoms with Gasteiger partial charge in [-0.05, 0) is 12.1 Å². The minimum absolute atomic E-state index is 0.213. The lowest BCUT2D eigenvalue weighted by Crippen LogP contribution is -1.99. The van der Waals surface area contributed by atoms with Gasteiger partial charge in [-0.3, -0.25) is 0 Å². The van der Waals surface area contributed by atoms with Crippen LogP contribution in [0.4, 0.5) is 0 Å². The predicted molar refractivity (Wildman–Crippen MR) is 49.3 cm³/mol. The second-order valence-electron chi connectivity index (χ2n) is 2.91. The van der Waals surface area contributed by atoms with Gasteiger partial charge >= 0.3 is 5.97 Å². The van der Waals surface area contributed by atoms with Crippen LogP contribution in [-0.4, -0.2) is 25.7 Å². The highest BCUT2D eigenvalue weighted by atomic mass is 16.4. The number of hydrogen-bond donors (Lipinski definition) is 1. The summed E-state index contributed by atoms with van der Waals surface area (Å²) in [5.74, 6) is -0.243. The van der Waals surface area contributed by atoms with Gasteiger partial charge in [0.25, 0.3) is 0 Å². The molecule has 0 spiro atoms. The summed E-state index contributed by atoms with van der Waals surface area (Å²) < 4.78 is 1.49. The summed E-state index contributed by atoms with van der Waals surface area (Å²) in [6.07, 6.45) is 2.20. The highest BCUT2D eigenvalue weighted by Crippen LogP contribution is 2.05. The lowest BCUT2D eigenvalue weighted by atomic mass is 10.3. The molecular weight excluding hydrogens is 182 g/mol. The Bertz CT molecular complexity index is 490. The molecule has 2 heterocycles. The van der Waals surface area contributed by atoms with Gasteiger partial charge in [0.2, 0.25) is 0 Å². The van der Waals surface area contributed by atoms with Crippen LogP contribution in [0.15, 0.2) is 18.3 Å². The number of carboxylic acid groups (broad SMARTS) is 1. The van der Waals surface area contributed by atoms with Gasteiger partial charge in [0.05, 0.1) is 5.56 Å². The fourth-order valence-corrected chi connectivity index (χ4v) is 1.21. The zero-order valence-corrected chi connectivity index (χ0v) is 7.64. The van der Waals surface area contributed by atoms with Crippen molar-refractivity contribution in [3.63, 3.8) is 0 Å². The molecule has 2 aromatic rings. The van der Waals surface area contributed by atoms with Crippen molar-refractivity contribution in [3.05, 3.63) is 29.7 Å². The van der Waals surface area contributed by atoms with E-state index in [1.54, 1.807) is 6.07 Å². The first-order valence-electron chi connectivity index (χ1n) is 4.29. The van der Waals surface area contributed by atoms with E-state index >= 15 is 0 Å². The first kappa shape index (κ1) is 8.68. The maximum Gasteiger partial charge on any atom is 0.337 e. The molecule has 0 aromatic carbocycles. The zero-order chi connectivity index (χ0) is 10.1. The van der Waals surface area contributed by atoms with Gasteiger partial charge in [-0.25, -0.2) is 14.3 Å². The summed E-state index contributed by atoms with van der Waals surface area (Å²) in [5, 5.41) is 12.9. The molecule has 1 N–H and O–H groups in total. The molecule has 0 amide bonds. The maximum absolute atomic E-state index is 10.7. The van der Waals surface area contributed by atoms with Crippen molar-refractivity contribution in [1.29, 1.82) is 0 Å². The van der Waals surface area contributed by atoms with Gasteiger partial charge < -0.3 is 5.11 Å². The Hall–Kier alpha value is -1.91. The number of aromatic nitrogens is 3. The highest BCUT2D eigenvalue weighted by molar-refractivity contribution is 5.87. The fraction of sp³-hybridized carbons (Fsp3) is 0.222.